The van der Waals surface area contributed by atoms with Gasteiger partial charge in [0.1, 0.15) is 0 Å². The van der Waals surface area contributed by atoms with Crippen molar-refractivity contribution in [2.24, 2.45) is 0 Å². The lowest BCUT2D eigenvalue weighted by Gasteiger charge is -1.99. The molecule has 0 aromatic carbocycles. The highest BCUT2D eigenvalue weighted by atomic mass is 14.0. The predicted octanol–water partition coefficient (Wildman–Crippen LogP) is 5.22. The zero-order valence-corrected chi connectivity index (χ0v) is 10.9. The van der Waals surface area contributed by atoms with Crippen molar-refractivity contribution in [2.75, 3.05) is 0 Å². The van der Waals surface area contributed by atoms with Crippen molar-refractivity contribution in [1.29, 1.82) is 0 Å². The Morgan fingerprint density at radius 3 is 1.60 bits per heavy atom. The average Bonchev–Trinajstić information content (AvgIpc) is 2.16. The Balaban J connectivity index is 0. The fourth-order valence-corrected chi connectivity index (χ4v) is 0.861. The van der Waals surface area contributed by atoms with Crippen molar-refractivity contribution in [3.05, 3.63) is 60.3 Å². The molecule has 0 heteroatoms. The normalized spacial score (nSPS) is 9.53. The second-order valence-corrected chi connectivity index (χ2v) is 3.84. The molecule has 0 saturated heterocycles. The molecule has 0 bridgehead atoms. The maximum Gasteiger partial charge on any atom is -0.0300 e. The Hall–Kier alpha value is -1.30. The zero-order chi connectivity index (χ0) is 12.4. The van der Waals surface area contributed by atoms with E-state index in [-0.39, 0.29) is 0 Å². The first-order chi connectivity index (χ1) is 6.93. The molecule has 0 aromatic heterocycles. The number of allylic oxidation sites excluding steroid dienone is 7. The molecule has 0 nitrogen and oxygen atoms in total. The molecule has 0 N–H and O–H groups in total. The van der Waals surface area contributed by atoms with Gasteiger partial charge in [-0.3, -0.25) is 0 Å². The summed E-state index contributed by atoms with van der Waals surface area (Å²) in [4.78, 5) is 0. The van der Waals surface area contributed by atoms with Crippen LogP contribution in [0.2, 0.25) is 0 Å². The van der Waals surface area contributed by atoms with Gasteiger partial charge < -0.3 is 0 Å². The molecular formula is C15H24. The van der Waals surface area contributed by atoms with Gasteiger partial charge in [0.15, 0.2) is 0 Å². The summed E-state index contributed by atoms with van der Waals surface area (Å²) in [5, 5.41) is 0. The monoisotopic (exact) mass is 204 g/mol. The van der Waals surface area contributed by atoms with Crippen molar-refractivity contribution in [3.8, 4) is 0 Å². The smallest absolute Gasteiger partial charge is 0.0300 e. The summed E-state index contributed by atoms with van der Waals surface area (Å²) in [6.07, 6.45) is 6.32. The van der Waals surface area contributed by atoms with E-state index in [4.69, 9.17) is 0 Å². The Labute approximate surface area is 95.4 Å². The SMILES string of the molecule is C=C.C=C(C=C(C)C)/C(C)=C/C=C(C)C. The summed E-state index contributed by atoms with van der Waals surface area (Å²) >= 11 is 0. The molecule has 84 valence electrons. The number of rotatable bonds is 3. The lowest BCUT2D eigenvalue weighted by atomic mass is 10.1. The zero-order valence-electron chi connectivity index (χ0n) is 10.9. The van der Waals surface area contributed by atoms with E-state index in [9.17, 15) is 0 Å². The largest absolute Gasteiger partial charge is 0.106 e. The van der Waals surface area contributed by atoms with Crippen LogP contribution in [0.4, 0.5) is 0 Å². The second-order valence-electron chi connectivity index (χ2n) is 3.84. The van der Waals surface area contributed by atoms with E-state index in [1.807, 2.05) is 0 Å². The third-order valence-electron chi connectivity index (χ3n) is 1.64. The molecule has 0 saturated carbocycles. The van der Waals surface area contributed by atoms with Crippen molar-refractivity contribution >= 4 is 0 Å². The van der Waals surface area contributed by atoms with Crippen LogP contribution in [0.1, 0.15) is 34.6 Å². The van der Waals surface area contributed by atoms with Gasteiger partial charge in [0, 0.05) is 0 Å². The minimum atomic E-state index is 1.09. The molecule has 0 heterocycles. The molecule has 0 fully saturated rings. The van der Waals surface area contributed by atoms with Crippen LogP contribution in [0, 0.1) is 0 Å². The predicted molar refractivity (Wildman–Crippen MR) is 73.0 cm³/mol. The highest BCUT2D eigenvalue weighted by molar-refractivity contribution is 5.39. The van der Waals surface area contributed by atoms with E-state index in [0.717, 1.165) is 5.57 Å². The first-order valence-electron chi connectivity index (χ1n) is 5.09. The highest BCUT2D eigenvalue weighted by Gasteiger charge is 1.90. The number of hydrogen-bond donors (Lipinski definition) is 0. The minimum absolute atomic E-state index is 1.09. The van der Waals surface area contributed by atoms with Crippen LogP contribution in [0.5, 0.6) is 0 Å². The van der Waals surface area contributed by atoms with Crippen molar-refractivity contribution < 1.29 is 0 Å². The minimum Gasteiger partial charge on any atom is -0.106 e. The molecule has 0 unspecified atom stereocenters. The average molecular weight is 204 g/mol. The van der Waals surface area contributed by atoms with Gasteiger partial charge in [-0.2, -0.15) is 0 Å². The van der Waals surface area contributed by atoms with Gasteiger partial charge in [-0.05, 0) is 45.8 Å². The molecule has 0 spiro atoms. The first-order valence-corrected chi connectivity index (χ1v) is 5.09. The van der Waals surface area contributed by atoms with Crippen LogP contribution in [0.3, 0.4) is 0 Å². The molecule has 0 aromatic rings. The molecular weight excluding hydrogens is 180 g/mol. The van der Waals surface area contributed by atoms with Crippen molar-refractivity contribution in [2.45, 2.75) is 34.6 Å². The fraction of sp³-hybridized carbons (Fsp3) is 0.333. The van der Waals surface area contributed by atoms with E-state index in [1.165, 1.54) is 16.7 Å². The van der Waals surface area contributed by atoms with E-state index in [0.29, 0.717) is 0 Å². The first kappa shape index (κ1) is 16.1. The highest BCUT2D eigenvalue weighted by Crippen LogP contribution is 2.11. The molecule has 0 atom stereocenters. The van der Waals surface area contributed by atoms with E-state index in [2.05, 4.69) is 72.6 Å². The Kier molecular flexibility index (Phi) is 9.97. The second kappa shape index (κ2) is 9.26. The summed E-state index contributed by atoms with van der Waals surface area (Å²) < 4.78 is 0. The molecule has 0 amide bonds. The third kappa shape index (κ3) is 10.6. The fourth-order valence-electron chi connectivity index (χ4n) is 0.861. The Morgan fingerprint density at radius 1 is 0.800 bits per heavy atom. The molecule has 0 radical (unpaired) electrons. The van der Waals surface area contributed by atoms with Crippen LogP contribution >= 0.6 is 0 Å². The molecule has 0 rings (SSSR count). The van der Waals surface area contributed by atoms with Crippen molar-refractivity contribution in [1.82, 2.24) is 0 Å². The van der Waals surface area contributed by atoms with Crippen molar-refractivity contribution in [3.63, 3.8) is 0 Å². The van der Waals surface area contributed by atoms with Gasteiger partial charge in [0.2, 0.25) is 0 Å². The van der Waals surface area contributed by atoms with E-state index < -0.39 is 0 Å². The van der Waals surface area contributed by atoms with Gasteiger partial charge in [-0.15, -0.1) is 13.2 Å². The van der Waals surface area contributed by atoms with Crippen LogP contribution in [-0.2, 0) is 0 Å². The molecule has 0 aliphatic carbocycles. The van der Waals surface area contributed by atoms with Gasteiger partial charge in [-0.1, -0.05) is 36.0 Å². The van der Waals surface area contributed by atoms with Gasteiger partial charge in [-0.25, -0.2) is 0 Å². The molecule has 0 aliphatic heterocycles. The van der Waals surface area contributed by atoms with Gasteiger partial charge >= 0.3 is 0 Å². The number of hydrogen-bond acceptors (Lipinski definition) is 0. The van der Waals surface area contributed by atoms with E-state index >= 15 is 0 Å². The summed E-state index contributed by atoms with van der Waals surface area (Å²) in [6.45, 7) is 20.4. The van der Waals surface area contributed by atoms with Gasteiger partial charge in [0.05, 0.1) is 0 Å². The topological polar surface area (TPSA) is 0 Å². The third-order valence-corrected chi connectivity index (χ3v) is 1.64. The Morgan fingerprint density at radius 2 is 1.27 bits per heavy atom. The van der Waals surface area contributed by atoms with Crippen LogP contribution < -0.4 is 0 Å². The summed E-state index contributed by atoms with van der Waals surface area (Å²) in [6, 6.07) is 0. The van der Waals surface area contributed by atoms with Gasteiger partial charge in [0.25, 0.3) is 0 Å². The van der Waals surface area contributed by atoms with E-state index in [1.54, 1.807) is 0 Å². The summed E-state index contributed by atoms with van der Waals surface area (Å²) in [5.41, 5.74) is 4.92. The maximum absolute atomic E-state index is 4.00. The standard InChI is InChI=1S/C13H20.C2H4/c1-10(2)7-8-12(5)13(6)9-11(3)4;1-2/h7-9H,6H2,1-5H3;1-2H2/b12-8+;. The Bertz CT molecular complexity index is 277. The quantitative estimate of drug-likeness (QED) is 0.436. The van der Waals surface area contributed by atoms with Crippen LogP contribution in [-0.4, -0.2) is 0 Å². The van der Waals surface area contributed by atoms with Crippen LogP contribution in [0.25, 0.3) is 0 Å². The molecule has 0 aliphatic rings. The van der Waals surface area contributed by atoms with Crippen LogP contribution in [0.15, 0.2) is 60.3 Å². The lowest BCUT2D eigenvalue weighted by molar-refractivity contribution is 1.33. The maximum atomic E-state index is 4.00. The summed E-state index contributed by atoms with van der Waals surface area (Å²) in [5.74, 6) is 0. The summed E-state index contributed by atoms with van der Waals surface area (Å²) in [7, 11) is 0. The molecule has 15 heavy (non-hydrogen) atoms. The lowest BCUT2D eigenvalue weighted by Crippen LogP contribution is -1.79.